The minimum absolute atomic E-state index is 0.0994. The minimum Gasteiger partial charge on any atom is -0.390 e. The van der Waals surface area contributed by atoms with Gasteiger partial charge in [0.2, 0.25) is 0 Å². The fourth-order valence-corrected chi connectivity index (χ4v) is 1.97. The van der Waals surface area contributed by atoms with Gasteiger partial charge in [-0.25, -0.2) is 0 Å². The zero-order valence-electron chi connectivity index (χ0n) is 8.91. The molecule has 78 valence electrons. The molecule has 1 aromatic heterocycles. The molecule has 4 heteroatoms. The molecule has 0 amide bonds. The van der Waals surface area contributed by atoms with E-state index in [0.717, 1.165) is 17.9 Å². The maximum atomic E-state index is 9.74. The van der Waals surface area contributed by atoms with Crippen molar-refractivity contribution in [2.45, 2.75) is 32.9 Å². The van der Waals surface area contributed by atoms with Crippen molar-refractivity contribution < 1.29 is 5.11 Å². The molecule has 0 bridgehead atoms. The molecule has 0 radical (unpaired) electrons. The number of aryl methyl sites for hydroxylation is 1. The van der Waals surface area contributed by atoms with E-state index in [2.05, 4.69) is 24.3 Å². The van der Waals surface area contributed by atoms with Crippen LogP contribution in [0.1, 0.15) is 23.0 Å². The van der Waals surface area contributed by atoms with Gasteiger partial charge in [-0.2, -0.15) is 5.10 Å². The second-order valence-corrected chi connectivity index (χ2v) is 4.03. The summed E-state index contributed by atoms with van der Waals surface area (Å²) in [5.41, 5.74) is 3.45. The van der Waals surface area contributed by atoms with Crippen LogP contribution in [0.15, 0.2) is 0 Å². The molecule has 0 aromatic carbocycles. The van der Waals surface area contributed by atoms with E-state index in [1.54, 1.807) is 0 Å². The topological polar surface area (TPSA) is 50.1 Å². The Morgan fingerprint density at radius 2 is 2.07 bits per heavy atom. The Morgan fingerprint density at radius 3 is 2.50 bits per heavy atom. The Labute approximate surface area is 83.9 Å². The van der Waals surface area contributed by atoms with E-state index in [1.807, 2.05) is 11.6 Å². The van der Waals surface area contributed by atoms with E-state index >= 15 is 0 Å². The first-order chi connectivity index (χ1) is 6.61. The lowest BCUT2D eigenvalue weighted by Crippen LogP contribution is -2.24. The highest BCUT2D eigenvalue weighted by Crippen LogP contribution is 2.20. The number of nitrogens with zero attached hydrogens (tertiary/aromatic N) is 2. The molecule has 2 heterocycles. The van der Waals surface area contributed by atoms with Crippen LogP contribution in [-0.4, -0.2) is 34.1 Å². The standard InChI is InChI=1S/C10H17N3O/c1-6-7(2)12-13(8(6)3)9-4-11-5-10(9)14/h9-11,14H,4-5H2,1-3H3. The first kappa shape index (κ1) is 9.68. The third-order valence-corrected chi connectivity index (χ3v) is 3.15. The van der Waals surface area contributed by atoms with Gasteiger partial charge >= 0.3 is 0 Å². The average molecular weight is 195 g/mol. The maximum Gasteiger partial charge on any atom is 0.0917 e. The molecule has 1 aliphatic rings. The Bertz CT molecular complexity index is 345. The van der Waals surface area contributed by atoms with Gasteiger partial charge in [-0.3, -0.25) is 4.68 Å². The van der Waals surface area contributed by atoms with Gasteiger partial charge in [0.25, 0.3) is 0 Å². The van der Waals surface area contributed by atoms with Gasteiger partial charge in [0.15, 0.2) is 0 Å². The lowest BCUT2D eigenvalue weighted by molar-refractivity contribution is 0.143. The van der Waals surface area contributed by atoms with Crippen molar-refractivity contribution in [3.05, 3.63) is 17.0 Å². The maximum absolute atomic E-state index is 9.74. The van der Waals surface area contributed by atoms with Gasteiger partial charge in [-0.05, 0) is 26.3 Å². The van der Waals surface area contributed by atoms with E-state index in [-0.39, 0.29) is 12.1 Å². The molecule has 2 unspecified atom stereocenters. The predicted octanol–water partition coefficient (Wildman–Crippen LogP) is 0.314. The molecule has 2 N–H and O–H groups in total. The van der Waals surface area contributed by atoms with Crippen LogP contribution in [0, 0.1) is 20.8 Å². The first-order valence-electron chi connectivity index (χ1n) is 5.02. The van der Waals surface area contributed by atoms with E-state index in [9.17, 15) is 5.11 Å². The predicted molar refractivity (Wildman–Crippen MR) is 54.4 cm³/mol. The summed E-state index contributed by atoms with van der Waals surface area (Å²) in [5.74, 6) is 0. The molecule has 1 aromatic rings. The van der Waals surface area contributed by atoms with Crippen LogP contribution in [-0.2, 0) is 0 Å². The van der Waals surface area contributed by atoms with Gasteiger partial charge in [0.05, 0.1) is 17.8 Å². The third-order valence-electron chi connectivity index (χ3n) is 3.15. The lowest BCUT2D eigenvalue weighted by Gasteiger charge is -2.15. The van der Waals surface area contributed by atoms with Gasteiger partial charge < -0.3 is 10.4 Å². The molecule has 14 heavy (non-hydrogen) atoms. The van der Waals surface area contributed by atoms with Gasteiger partial charge in [-0.1, -0.05) is 0 Å². The number of β-amino-alcohol motifs (C(OH)–C–C–N with tert-alkyl or cyclic N) is 1. The molecule has 1 saturated heterocycles. The normalized spacial score (nSPS) is 27.1. The molecule has 4 nitrogen and oxygen atoms in total. The molecule has 2 atom stereocenters. The van der Waals surface area contributed by atoms with Crippen molar-refractivity contribution in [1.29, 1.82) is 0 Å². The summed E-state index contributed by atoms with van der Waals surface area (Å²) in [6, 6.07) is 0.0994. The number of nitrogens with one attached hydrogen (secondary N) is 1. The van der Waals surface area contributed by atoms with Crippen LogP contribution in [0.2, 0.25) is 0 Å². The molecule has 1 aliphatic heterocycles. The van der Waals surface area contributed by atoms with E-state index in [0.29, 0.717) is 6.54 Å². The molecule has 2 rings (SSSR count). The van der Waals surface area contributed by atoms with Crippen LogP contribution in [0.5, 0.6) is 0 Å². The Morgan fingerprint density at radius 1 is 1.36 bits per heavy atom. The highest BCUT2D eigenvalue weighted by Gasteiger charge is 2.28. The Kier molecular flexibility index (Phi) is 2.33. The van der Waals surface area contributed by atoms with Crippen molar-refractivity contribution >= 4 is 0 Å². The fraction of sp³-hybridized carbons (Fsp3) is 0.700. The number of hydrogen-bond donors (Lipinski definition) is 2. The summed E-state index contributed by atoms with van der Waals surface area (Å²) in [7, 11) is 0. The zero-order valence-corrected chi connectivity index (χ0v) is 8.91. The monoisotopic (exact) mass is 195 g/mol. The average Bonchev–Trinajstić information content (AvgIpc) is 2.66. The number of rotatable bonds is 1. The van der Waals surface area contributed by atoms with Crippen molar-refractivity contribution in [1.82, 2.24) is 15.1 Å². The molecule has 1 fully saturated rings. The lowest BCUT2D eigenvalue weighted by atomic mass is 10.2. The number of aliphatic hydroxyl groups is 1. The van der Waals surface area contributed by atoms with Gasteiger partial charge in [0, 0.05) is 18.8 Å². The van der Waals surface area contributed by atoms with Gasteiger partial charge in [0.1, 0.15) is 0 Å². The number of aliphatic hydroxyl groups excluding tert-OH is 1. The summed E-state index contributed by atoms with van der Waals surface area (Å²) in [6.45, 7) is 7.61. The third kappa shape index (κ3) is 1.35. The zero-order chi connectivity index (χ0) is 10.3. The van der Waals surface area contributed by atoms with Crippen LogP contribution >= 0.6 is 0 Å². The smallest absolute Gasteiger partial charge is 0.0917 e. The van der Waals surface area contributed by atoms with E-state index in [1.165, 1.54) is 5.56 Å². The molecule has 0 saturated carbocycles. The SMILES string of the molecule is Cc1nn(C2CNCC2O)c(C)c1C. The van der Waals surface area contributed by atoms with E-state index in [4.69, 9.17) is 0 Å². The summed E-state index contributed by atoms with van der Waals surface area (Å²) in [4.78, 5) is 0. The van der Waals surface area contributed by atoms with Crippen molar-refractivity contribution in [2.24, 2.45) is 0 Å². The summed E-state index contributed by atoms with van der Waals surface area (Å²) in [6.07, 6.45) is -0.313. The number of aromatic nitrogens is 2. The first-order valence-corrected chi connectivity index (χ1v) is 5.02. The second kappa shape index (κ2) is 3.37. The van der Waals surface area contributed by atoms with Crippen LogP contribution in [0.3, 0.4) is 0 Å². The highest BCUT2D eigenvalue weighted by atomic mass is 16.3. The molecule has 0 spiro atoms. The Hall–Kier alpha value is -0.870. The largest absolute Gasteiger partial charge is 0.390 e. The van der Waals surface area contributed by atoms with Crippen LogP contribution in [0.4, 0.5) is 0 Å². The van der Waals surface area contributed by atoms with Crippen molar-refractivity contribution in [3.8, 4) is 0 Å². The number of hydrogen-bond acceptors (Lipinski definition) is 3. The second-order valence-electron chi connectivity index (χ2n) is 4.03. The van der Waals surface area contributed by atoms with E-state index < -0.39 is 0 Å². The Balaban J connectivity index is 2.36. The summed E-state index contributed by atoms with van der Waals surface area (Å²) >= 11 is 0. The molecular weight excluding hydrogens is 178 g/mol. The van der Waals surface area contributed by atoms with Crippen LogP contribution in [0.25, 0.3) is 0 Å². The molecule has 0 aliphatic carbocycles. The van der Waals surface area contributed by atoms with Crippen molar-refractivity contribution in [2.75, 3.05) is 13.1 Å². The fourth-order valence-electron chi connectivity index (χ4n) is 1.97. The summed E-state index contributed by atoms with van der Waals surface area (Å²) in [5, 5.41) is 17.4. The van der Waals surface area contributed by atoms with Gasteiger partial charge in [-0.15, -0.1) is 0 Å². The molecular formula is C10H17N3O. The van der Waals surface area contributed by atoms with Crippen molar-refractivity contribution in [3.63, 3.8) is 0 Å². The minimum atomic E-state index is -0.313. The highest BCUT2D eigenvalue weighted by molar-refractivity contribution is 5.23. The summed E-state index contributed by atoms with van der Waals surface area (Å²) < 4.78 is 1.95. The van der Waals surface area contributed by atoms with Crippen LogP contribution < -0.4 is 5.32 Å². The quantitative estimate of drug-likeness (QED) is 0.678.